The number of carbonyl (C=O) groups is 1. The largest absolute Gasteiger partial charge is 0.470 e. The van der Waals surface area contributed by atoms with Crippen LogP contribution in [0.15, 0.2) is 12.2 Å². The highest BCUT2D eigenvalue weighted by atomic mass is 28.5. The molecule has 0 aliphatic rings. The van der Waals surface area contributed by atoms with Gasteiger partial charge >= 0.3 is 14.8 Å². The highest BCUT2D eigenvalue weighted by Gasteiger charge is 2.58. The summed E-state index contributed by atoms with van der Waals surface area (Å²) in [5.74, 6) is -0.686. The molecule has 18 heteroatoms. The molecule has 0 radical (unpaired) electrons. The van der Waals surface area contributed by atoms with Gasteiger partial charge in [-0.05, 0) is 13.3 Å². The lowest BCUT2D eigenvalue weighted by atomic mass is 10.4. The maximum atomic E-state index is 11.7. The summed E-state index contributed by atoms with van der Waals surface area (Å²) < 4.78 is 23.0. The van der Waals surface area contributed by atoms with Crippen LogP contribution in [-0.4, -0.2) is 148 Å². The number of carbonyl (C=O) groups excluding carboxylic acids is 1. The summed E-state index contributed by atoms with van der Waals surface area (Å²) in [5, 5.41) is 88.7. The monoisotopic (exact) mass is 566 g/mol. The standard InChI is InChI=1S/C16H38O14Si4/c1-15(2)16(26)27-4-3-5-34(28-31(6-17,7-18)8-19,29-32(9-20,10-21)11-22)30-33(12-23,13-24)14-25/h17-25H,1,3-14H2,2H3. The number of hydrogen-bond donors (Lipinski definition) is 9. The third kappa shape index (κ3) is 9.23. The highest BCUT2D eigenvalue weighted by molar-refractivity contribution is 6.92. The van der Waals surface area contributed by atoms with Crippen molar-refractivity contribution in [2.75, 3.05) is 62.7 Å². The first kappa shape index (κ1) is 33.6. The molecule has 0 unspecified atom stereocenters. The molecule has 0 aromatic rings. The van der Waals surface area contributed by atoms with E-state index in [0.717, 1.165) is 0 Å². The number of hydrogen-bond acceptors (Lipinski definition) is 14. The van der Waals surface area contributed by atoms with Crippen molar-refractivity contribution in [2.45, 2.75) is 19.4 Å². The predicted octanol–water partition coefficient (Wildman–Crippen LogP) is -4.90. The third-order valence-corrected chi connectivity index (χ3v) is 20.0. The van der Waals surface area contributed by atoms with Crippen LogP contribution in [0.4, 0.5) is 0 Å². The Hall–Kier alpha value is -0.402. The van der Waals surface area contributed by atoms with Gasteiger partial charge in [0, 0.05) is 11.6 Å². The SMILES string of the molecule is C=C(C)C(=O)OCCC[Si](O[Si](CO)(CO)CO)(O[Si](CO)(CO)CO)O[Si](CO)(CO)CO. The third-order valence-electron chi connectivity index (χ3n) is 4.92. The van der Waals surface area contributed by atoms with E-state index < -0.39 is 95.8 Å². The average Bonchev–Trinajstić information content (AvgIpc) is 2.87. The van der Waals surface area contributed by atoms with E-state index in [1.165, 1.54) is 6.92 Å². The second-order valence-electron chi connectivity index (χ2n) is 7.98. The number of rotatable bonds is 20. The van der Waals surface area contributed by atoms with E-state index in [2.05, 4.69) is 6.58 Å². The van der Waals surface area contributed by atoms with E-state index in [1.807, 2.05) is 0 Å². The van der Waals surface area contributed by atoms with Gasteiger partial charge < -0.3 is 63.0 Å². The minimum absolute atomic E-state index is 0.0302. The zero-order chi connectivity index (χ0) is 26.5. The lowest BCUT2D eigenvalue weighted by molar-refractivity contribution is -0.139. The fraction of sp³-hybridized carbons (Fsp3) is 0.812. The Kier molecular flexibility index (Phi) is 15.5. The highest BCUT2D eigenvalue weighted by Crippen LogP contribution is 2.29. The first-order chi connectivity index (χ1) is 16.0. The first-order valence-electron chi connectivity index (χ1n) is 10.4. The van der Waals surface area contributed by atoms with Gasteiger partial charge in [0.25, 0.3) is 25.0 Å². The van der Waals surface area contributed by atoms with Crippen LogP contribution in [0, 0.1) is 0 Å². The topological polar surface area (TPSA) is 236 Å². The van der Waals surface area contributed by atoms with E-state index in [1.54, 1.807) is 0 Å². The Morgan fingerprint density at radius 3 is 1.18 bits per heavy atom. The fourth-order valence-corrected chi connectivity index (χ4v) is 17.1. The second kappa shape index (κ2) is 15.7. The van der Waals surface area contributed by atoms with Crippen molar-refractivity contribution in [1.29, 1.82) is 0 Å². The van der Waals surface area contributed by atoms with Gasteiger partial charge in [-0.25, -0.2) is 4.79 Å². The number of aliphatic hydroxyl groups excluding tert-OH is 9. The van der Waals surface area contributed by atoms with Crippen LogP contribution in [0.25, 0.3) is 0 Å². The van der Waals surface area contributed by atoms with Gasteiger partial charge in [-0.15, -0.1) is 0 Å². The van der Waals surface area contributed by atoms with Crippen LogP contribution < -0.4 is 0 Å². The molecule has 0 aliphatic heterocycles. The molecule has 14 nitrogen and oxygen atoms in total. The summed E-state index contributed by atoms with van der Waals surface area (Å²) in [5.41, 5.74) is 0.138. The molecule has 202 valence electrons. The van der Waals surface area contributed by atoms with E-state index in [4.69, 9.17) is 17.1 Å². The molecule has 0 rings (SSSR count). The fourth-order valence-electron chi connectivity index (χ4n) is 2.52. The normalized spacial score (nSPS) is 13.2. The van der Waals surface area contributed by atoms with Crippen LogP contribution >= 0.6 is 0 Å². The van der Waals surface area contributed by atoms with E-state index >= 15 is 0 Å². The molecule has 0 aromatic carbocycles. The van der Waals surface area contributed by atoms with Gasteiger partial charge in [-0.2, -0.15) is 0 Å². The minimum atomic E-state index is -4.46. The lowest BCUT2D eigenvalue weighted by Crippen LogP contribution is -2.72. The Labute approximate surface area is 202 Å². The van der Waals surface area contributed by atoms with Crippen LogP contribution in [0.5, 0.6) is 0 Å². The molecule has 34 heavy (non-hydrogen) atoms. The zero-order valence-electron chi connectivity index (χ0n) is 19.3. The van der Waals surface area contributed by atoms with Crippen LogP contribution in [-0.2, 0) is 21.9 Å². The van der Waals surface area contributed by atoms with E-state index in [0.29, 0.717) is 0 Å². The van der Waals surface area contributed by atoms with Crippen LogP contribution in [0.1, 0.15) is 13.3 Å². The molecule has 0 bridgehead atoms. The Bertz CT molecular complexity index is 533. The summed E-state index contributed by atoms with van der Waals surface area (Å²) in [6, 6.07) is -0.269. The average molecular weight is 567 g/mol. The summed E-state index contributed by atoms with van der Waals surface area (Å²) in [4.78, 5) is 11.7. The number of aliphatic hydroxyl groups is 9. The Balaban J connectivity index is 6.50. The van der Waals surface area contributed by atoms with Crippen molar-refractivity contribution >= 4 is 39.7 Å². The molecule has 9 N–H and O–H groups in total. The van der Waals surface area contributed by atoms with Crippen molar-refractivity contribution < 1.29 is 67.8 Å². The van der Waals surface area contributed by atoms with Crippen molar-refractivity contribution in [1.82, 2.24) is 0 Å². The smallest absolute Gasteiger partial charge is 0.462 e. The molecule has 0 amide bonds. The Morgan fingerprint density at radius 1 is 0.647 bits per heavy atom. The first-order valence-corrected chi connectivity index (χ1v) is 19.9. The van der Waals surface area contributed by atoms with Gasteiger partial charge in [0.1, 0.15) is 0 Å². The maximum absolute atomic E-state index is 11.7. The summed E-state index contributed by atoms with van der Waals surface area (Å²) in [6.45, 7) is 4.68. The molecule has 0 heterocycles. The molecule has 0 aliphatic carbocycles. The lowest BCUT2D eigenvalue weighted by Gasteiger charge is -2.46. The molecular weight excluding hydrogens is 529 g/mol. The maximum Gasteiger partial charge on any atom is 0.470 e. The second-order valence-corrected chi connectivity index (χ2v) is 22.2. The number of ether oxygens (including phenoxy) is 1. The van der Waals surface area contributed by atoms with Crippen molar-refractivity contribution in [3.05, 3.63) is 12.2 Å². The molecule has 0 saturated heterocycles. The van der Waals surface area contributed by atoms with Gasteiger partial charge in [0.2, 0.25) is 0 Å². The molecule has 0 atom stereocenters. The van der Waals surface area contributed by atoms with E-state index in [9.17, 15) is 50.8 Å². The van der Waals surface area contributed by atoms with Crippen molar-refractivity contribution in [3.8, 4) is 0 Å². The molecule has 0 fully saturated rings. The quantitative estimate of drug-likeness (QED) is 0.0291. The van der Waals surface area contributed by atoms with E-state index in [-0.39, 0.29) is 24.6 Å². The minimum Gasteiger partial charge on any atom is -0.462 e. The molecule has 0 saturated carbocycles. The predicted molar refractivity (Wildman–Crippen MR) is 125 cm³/mol. The van der Waals surface area contributed by atoms with Gasteiger partial charge in [0.15, 0.2) is 0 Å². The van der Waals surface area contributed by atoms with Gasteiger partial charge in [-0.3, -0.25) is 0 Å². The van der Waals surface area contributed by atoms with Crippen molar-refractivity contribution in [2.24, 2.45) is 0 Å². The molecule has 0 spiro atoms. The van der Waals surface area contributed by atoms with Gasteiger partial charge in [0.05, 0.1) is 62.7 Å². The molecule has 0 aromatic heterocycles. The number of esters is 1. The Morgan fingerprint density at radius 2 is 0.941 bits per heavy atom. The van der Waals surface area contributed by atoms with Crippen molar-refractivity contribution in [3.63, 3.8) is 0 Å². The summed E-state index contributed by atoms with van der Waals surface area (Å²) in [7, 11) is -15.9. The molecular formula is C16H38O14Si4. The zero-order valence-corrected chi connectivity index (χ0v) is 23.3. The van der Waals surface area contributed by atoms with Gasteiger partial charge in [-0.1, -0.05) is 6.58 Å². The summed E-state index contributed by atoms with van der Waals surface area (Å²) >= 11 is 0. The van der Waals surface area contributed by atoms with Crippen LogP contribution in [0.3, 0.4) is 0 Å². The van der Waals surface area contributed by atoms with Crippen LogP contribution in [0.2, 0.25) is 6.04 Å². The summed E-state index contributed by atoms with van der Waals surface area (Å²) in [6.07, 6.45) is -7.24.